The average molecular weight is 445 g/mol. The molecule has 0 amide bonds. The molecule has 1 spiro atoms. The van der Waals surface area contributed by atoms with Crippen LogP contribution in [0.15, 0.2) is 41.3 Å². The van der Waals surface area contributed by atoms with Crippen molar-refractivity contribution in [2.45, 2.75) is 78.0 Å². The van der Waals surface area contributed by atoms with E-state index < -0.39 is 0 Å². The van der Waals surface area contributed by atoms with Crippen molar-refractivity contribution in [2.24, 2.45) is 10.8 Å². The molecule has 1 nitrogen and oxygen atoms in total. The summed E-state index contributed by atoms with van der Waals surface area (Å²) >= 11 is 1.86. The summed E-state index contributed by atoms with van der Waals surface area (Å²) in [7, 11) is 0. The predicted octanol–water partition coefficient (Wildman–Crippen LogP) is 8.78. The first-order chi connectivity index (χ1) is 15.0. The monoisotopic (exact) mass is 444 g/mol. The predicted molar refractivity (Wildman–Crippen MR) is 139 cm³/mol. The molecule has 168 valence electrons. The van der Waals surface area contributed by atoms with E-state index in [4.69, 9.17) is 0 Å². The Labute approximate surface area is 197 Å². The molecule has 0 atom stereocenters. The molecular weight excluding hydrogens is 408 g/mol. The largest absolute Gasteiger partial charge is 0.507 e. The van der Waals surface area contributed by atoms with Gasteiger partial charge in [-0.15, -0.1) is 11.8 Å². The lowest BCUT2D eigenvalue weighted by Crippen LogP contribution is -2.43. The van der Waals surface area contributed by atoms with Crippen LogP contribution in [0.3, 0.4) is 0 Å². The zero-order chi connectivity index (χ0) is 23.1. The van der Waals surface area contributed by atoms with E-state index in [1.54, 1.807) is 0 Å². The molecule has 1 fully saturated rings. The number of hydrogen-bond acceptors (Lipinski definition) is 2. The number of thioether (sulfide) groups is 1. The highest BCUT2D eigenvalue weighted by atomic mass is 32.2. The first-order valence-electron chi connectivity index (χ1n) is 12.0. The molecule has 3 aromatic carbocycles. The Hall–Kier alpha value is -1.93. The van der Waals surface area contributed by atoms with Crippen LogP contribution in [0.2, 0.25) is 0 Å². The van der Waals surface area contributed by atoms with Gasteiger partial charge in [-0.2, -0.15) is 0 Å². The van der Waals surface area contributed by atoms with E-state index >= 15 is 0 Å². The van der Waals surface area contributed by atoms with Gasteiger partial charge in [0, 0.05) is 15.7 Å². The minimum atomic E-state index is -0.0433. The number of hydrogen-bond donors (Lipinski definition) is 1. The van der Waals surface area contributed by atoms with Gasteiger partial charge < -0.3 is 5.11 Å². The zero-order valence-electron chi connectivity index (χ0n) is 20.6. The Kier molecular flexibility index (Phi) is 4.81. The maximum absolute atomic E-state index is 11.3. The van der Waals surface area contributed by atoms with Crippen LogP contribution in [0, 0.1) is 24.7 Å². The van der Waals surface area contributed by atoms with E-state index in [0.29, 0.717) is 5.75 Å². The van der Waals surface area contributed by atoms with Crippen LogP contribution in [0.5, 0.6) is 5.75 Å². The molecule has 1 N–H and O–H groups in total. The molecule has 0 aliphatic heterocycles. The van der Waals surface area contributed by atoms with Gasteiger partial charge in [0.15, 0.2) is 0 Å². The number of aryl methyl sites for hydroxylation is 2. The van der Waals surface area contributed by atoms with E-state index in [2.05, 4.69) is 84.9 Å². The molecule has 5 rings (SSSR count). The van der Waals surface area contributed by atoms with Gasteiger partial charge in [-0.3, -0.25) is 0 Å². The van der Waals surface area contributed by atoms with Crippen molar-refractivity contribution in [1.29, 1.82) is 0 Å². The minimum Gasteiger partial charge on any atom is -0.507 e. The Morgan fingerprint density at radius 2 is 1.53 bits per heavy atom. The summed E-state index contributed by atoms with van der Waals surface area (Å²) in [5.41, 5.74) is 8.62. The number of aromatic hydroxyl groups is 1. The smallest absolute Gasteiger partial charge is 0.123 e. The SMILES string of the molecule is CCSc1cc2c(O)cc3c(c2cc1C)-c1ccc(C)cc1C31CC(C)(C)CC(C)(C)C1. The number of benzene rings is 3. The van der Waals surface area contributed by atoms with Crippen LogP contribution in [-0.4, -0.2) is 10.9 Å². The molecule has 0 saturated heterocycles. The number of rotatable bonds is 2. The highest BCUT2D eigenvalue weighted by Gasteiger charge is 2.53. The summed E-state index contributed by atoms with van der Waals surface area (Å²) in [6, 6.07) is 13.7. The third-order valence-electron chi connectivity index (χ3n) is 7.70. The Morgan fingerprint density at radius 1 is 0.844 bits per heavy atom. The molecule has 0 radical (unpaired) electrons. The molecule has 32 heavy (non-hydrogen) atoms. The summed E-state index contributed by atoms with van der Waals surface area (Å²) in [5.74, 6) is 1.47. The van der Waals surface area contributed by atoms with Crippen molar-refractivity contribution >= 4 is 22.5 Å². The number of phenolic OH excluding ortho intramolecular Hbond substituents is 1. The summed E-state index contributed by atoms with van der Waals surface area (Å²) in [5, 5.41) is 13.5. The van der Waals surface area contributed by atoms with Gasteiger partial charge in [0.25, 0.3) is 0 Å². The van der Waals surface area contributed by atoms with Crippen LogP contribution in [0.4, 0.5) is 0 Å². The van der Waals surface area contributed by atoms with E-state index in [1.807, 2.05) is 11.8 Å². The van der Waals surface area contributed by atoms with Crippen molar-refractivity contribution in [3.05, 3.63) is 58.7 Å². The molecule has 0 unspecified atom stereocenters. The third-order valence-corrected chi connectivity index (χ3v) is 8.74. The quantitative estimate of drug-likeness (QED) is 0.399. The molecule has 0 heterocycles. The van der Waals surface area contributed by atoms with Gasteiger partial charge in [0.1, 0.15) is 5.75 Å². The Morgan fingerprint density at radius 3 is 2.19 bits per heavy atom. The second-order valence-corrected chi connectivity index (χ2v) is 13.2. The Bertz CT molecular complexity index is 1230. The van der Waals surface area contributed by atoms with Crippen molar-refractivity contribution < 1.29 is 5.11 Å². The van der Waals surface area contributed by atoms with Crippen LogP contribution >= 0.6 is 11.8 Å². The fourth-order valence-corrected chi connectivity index (χ4v) is 8.23. The maximum atomic E-state index is 11.3. The number of phenols is 1. The zero-order valence-corrected chi connectivity index (χ0v) is 21.5. The van der Waals surface area contributed by atoms with E-state index in [9.17, 15) is 5.11 Å². The van der Waals surface area contributed by atoms with Gasteiger partial charge in [0.2, 0.25) is 0 Å². The van der Waals surface area contributed by atoms with Gasteiger partial charge >= 0.3 is 0 Å². The van der Waals surface area contributed by atoms with Crippen molar-refractivity contribution in [1.82, 2.24) is 0 Å². The second-order valence-electron chi connectivity index (χ2n) is 11.9. The van der Waals surface area contributed by atoms with Crippen molar-refractivity contribution in [3.63, 3.8) is 0 Å². The molecule has 1 saturated carbocycles. The van der Waals surface area contributed by atoms with Gasteiger partial charge in [-0.1, -0.05) is 58.4 Å². The third kappa shape index (κ3) is 3.21. The van der Waals surface area contributed by atoms with E-state index in [1.165, 1.54) is 50.1 Å². The highest BCUT2D eigenvalue weighted by molar-refractivity contribution is 7.99. The minimum absolute atomic E-state index is 0.0433. The Balaban J connectivity index is 1.89. The van der Waals surface area contributed by atoms with Gasteiger partial charge in [-0.05, 0) is 101 Å². The molecule has 2 heteroatoms. The molecule has 3 aromatic rings. The fourth-order valence-electron chi connectivity index (χ4n) is 7.43. The molecule has 2 aliphatic carbocycles. The topological polar surface area (TPSA) is 20.2 Å². The lowest BCUT2D eigenvalue weighted by molar-refractivity contribution is 0.0645. The average Bonchev–Trinajstić information content (AvgIpc) is 2.89. The summed E-state index contributed by atoms with van der Waals surface area (Å²) in [4.78, 5) is 1.27. The standard InChI is InChI=1S/C30H36OS/c1-8-32-26-13-21-22(12-19(26)3)27-20-10-9-18(2)11-23(20)30(24(27)14-25(21)31)16-28(4,5)15-29(6,7)17-30/h9-14,31H,8,15-17H2,1-7H3. The van der Waals surface area contributed by atoms with Crippen LogP contribution in [0.1, 0.15) is 76.1 Å². The summed E-state index contributed by atoms with van der Waals surface area (Å²) in [6.07, 6.45) is 3.48. The lowest BCUT2D eigenvalue weighted by atomic mass is 9.52. The van der Waals surface area contributed by atoms with Crippen LogP contribution < -0.4 is 0 Å². The van der Waals surface area contributed by atoms with Gasteiger partial charge in [-0.25, -0.2) is 0 Å². The molecule has 2 aliphatic rings. The van der Waals surface area contributed by atoms with E-state index in [-0.39, 0.29) is 16.2 Å². The van der Waals surface area contributed by atoms with Crippen molar-refractivity contribution in [3.8, 4) is 16.9 Å². The molecule has 0 bridgehead atoms. The van der Waals surface area contributed by atoms with E-state index in [0.717, 1.165) is 24.0 Å². The number of fused-ring (bicyclic) bond motifs is 7. The van der Waals surface area contributed by atoms with Crippen LogP contribution in [-0.2, 0) is 5.41 Å². The lowest BCUT2D eigenvalue weighted by Gasteiger charge is -2.51. The fraction of sp³-hybridized carbons (Fsp3) is 0.467. The second kappa shape index (κ2) is 7.03. The van der Waals surface area contributed by atoms with Crippen LogP contribution in [0.25, 0.3) is 21.9 Å². The molecular formula is C30H36OS. The first-order valence-corrected chi connectivity index (χ1v) is 13.0. The normalized spacial score (nSPS) is 19.8. The van der Waals surface area contributed by atoms with Gasteiger partial charge in [0.05, 0.1) is 0 Å². The summed E-state index contributed by atoms with van der Waals surface area (Å²) in [6.45, 7) is 16.3. The maximum Gasteiger partial charge on any atom is 0.123 e. The van der Waals surface area contributed by atoms with Crippen molar-refractivity contribution in [2.75, 3.05) is 5.75 Å². The highest BCUT2D eigenvalue weighted by Crippen LogP contribution is 2.64. The summed E-state index contributed by atoms with van der Waals surface area (Å²) < 4.78 is 0. The first kappa shape index (κ1) is 21.9. The molecule has 0 aromatic heterocycles.